The summed E-state index contributed by atoms with van der Waals surface area (Å²) >= 11 is 0. The number of nitrogens with two attached hydrogens (primary N) is 1. The topological polar surface area (TPSA) is 75.3 Å². The minimum Gasteiger partial charge on any atom is -0.391 e. The molecule has 0 amide bonds. The fourth-order valence-electron chi connectivity index (χ4n) is 4.20. The van der Waals surface area contributed by atoms with Crippen molar-refractivity contribution in [3.63, 3.8) is 0 Å². The largest absolute Gasteiger partial charge is 0.391 e. The highest BCUT2D eigenvalue weighted by molar-refractivity contribution is 5.49. The van der Waals surface area contributed by atoms with Crippen molar-refractivity contribution in [2.24, 2.45) is 17.8 Å². The van der Waals surface area contributed by atoms with Gasteiger partial charge in [-0.15, -0.1) is 0 Å². The Kier molecular flexibility index (Phi) is 1.76. The maximum Gasteiger partial charge on any atom is 0.134 e. The Morgan fingerprint density at radius 2 is 2.18 bits per heavy atom. The summed E-state index contributed by atoms with van der Waals surface area (Å²) in [6.45, 7) is 1.01. The molecule has 1 aromatic rings. The van der Waals surface area contributed by atoms with Gasteiger partial charge in [-0.2, -0.15) is 0 Å². The van der Waals surface area contributed by atoms with Gasteiger partial charge in [0.25, 0.3) is 0 Å². The zero-order valence-electron chi connectivity index (χ0n) is 9.53. The Hall–Kier alpha value is -1.36. The van der Waals surface area contributed by atoms with Crippen LogP contribution in [-0.4, -0.2) is 33.8 Å². The van der Waals surface area contributed by atoms with Crippen molar-refractivity contribution in [1.29, 1.82) is 0 Å². The summed E-state index contributed by atoms with van der Waals surface area (Å²) in [6, 6.07) is 2.07. The number of hydrogen-bond donors (Lipinski definition) is 2. The Morgan fingerprint density at radius 1 is 1.29 bits per heavy atom. The molecule has 4 rings (SSSR count). The lowest BCUT2D eigenvalue weighted by Gasteiger charge is -2.29. The second kappa shape index (κ2) is 3.10. The van der Waals surface area contributed by atoms with E-state index in [-0.39, 0.29) is 12.1 Å². The summed E-state index contributed by atoms with van der Waals surface area (Å²) in [4.78, 5) is 10.5. The number of hydrogen-bond acceptors (Lipinski definition) is 5. The maximum atomic E-state index is 10.3. The summed E-state index contributed by atoms with van der Waals surface area (Å²) in [6.07, 6.45) is 3.69. The number of aliphatic hydroxyl groups excluding tert-OH is 1. The highest BCUT2D eigenvalue weighted by atomic mass is 16.3. The summed E-state index contributed by atoms with van der Waals surface area (Å²) < 4.78 is 0. The molecule has 2 saturated carbocycles. The number of nitrogen functional groups attached to an aromatic ring is 1. The number of rotatable bonds is 1. The molecule has 1 aromatic heterocycles. The van der Waals surface area contributed by atoms with Gasteiger partial charge >= 0.3 is 0 Å². The van der Waals surface area contributed by atoms with Crippen LogP contribution in [0.5, 0.6) is 0 Å². The van der Waals surface area contributed by atoms with Gasteiger partial charge in [-0.25, -0.2) is 9.97 Å². The summed E-state index contributed by atoms with van der Waals surface area (Å²) in [5.74, 6) is 3.28. The zero-order chi connectivity index (χ0) is 11.6. The van der Waals surface area contributed by atoms with Crippen LogP contribution in [0.4, 0.5) is 11.6 Å². The predicted octanol–water partition coefficient (Wildman–Crippen LogP) is 0.264. The minimum atomic E-state index is -0.185. The molecule has 0 spiro atoms. The van der Waals surface area contributed by atoms with Gasteiger partial charge in [0, 0.05) is 12.6 Å². The molecule has 17 heavy (non-hydrogen) atoms. The molecular weight excluding hydrogens is 216 g/mol. The summed E-state index contributed by atoms with van der Waals surface area (Å²) in [7, 11) is 0. The third kappa shape index (κ3) is 1.17. The molecule has 90 valence electrons. The van der Waals surface area contributed by atoms with Gasteiger partial charge in [0.05, 0.1) is 12.1 Å². The van der Waals surface area contributed by atoms with E-state index in [0.717, 1.165) is 18.3 Å². The molecule has 1 saturated heterocycles. The first kappa shape index (κ1) is 9.65. The molecule has 0 aromatic carbocycles. The Balaban J connectivity index is 1.72. The lowest BCUT2D eigenvalue weighted by Crippen LogP contribution is -2.41. The highest BCUT2D eigenvalue weighted by Crippen LogP contribution is 2.55. The van der Waals surface area contributed by atoms with E-state index in [4.69, 9.17) is 5.73 Å². The molecule has 0 radical (unpaired) electrons. The van der Waals surface area contributed by atoms with Crippen LogP contribution in [0, 0.1) is 17.8 Å². The van der Waals surface area contributed by atoms with Crippen molar-refractivity contribution in [2.45, 2.75) is 25.0 Å². The monoisotopic (exact) mass is 232 g/mol. The van der Waals surface area contributed by atoms with E-state index >= 15 is 0 Å². The van der Waals surface area contributed by atoms with Crippen molar-refractivity contribution < 1.29 is 5.11 Å². The summed E-state index contributed by atoms with van der Waals surface area (Å²) in [5.41, 5.74) is 5.70. The lowest BCUT2D eigenvalue weighted by molar-refractivity contribution is 0.0965. The number of nitrogens with zero attached hydrogens (tertiary/aromatic N) is 3. The Morgan fingerprint density at radius 3 is 2.94 bits per heavy atom. The molecule has 5 atom stereocenters. The molecule has 1 aliphatic heterocycles. The smallest absolute Gasteiger partial charge is 0.134 e. The number of aliphatic hydroxyl groups is 1. The lowest BCUT2D eigenvalue weighted by atomic mass is 9.88. The zero-order valence-corrected chi connectivity index (χ0v) is 9.53. The third-order valence-electron chi connectivity index (χ3n) is 4.82. The SMILES string of the molecule is Nc1cc(N2CC3CC4CC3C2C4O)ncn1. The molecule has 5 heteroatoms. The molecule has 3 aliphatic rings. The van der Waals surface area contributed by atoms with Crippen molar-refractivity contribution in [3.8, 4) is 0 Å². The molecule has 2 bridgehead atoms. The fraction of sp³-hybridized carbons (Fsp3) is 0.667. The first-order valence-corrected chi connectivity index (χ1v) is 6.26. The Bertz CT molecular complexity index is 464. The van der Waals surface area contributed by atoms with Gasteiger partial charge in [-0.05, 0) is 30.6 Å². The normalized spacial score (nSPS) is 42.4. The second-order valence-corrected chi connectivity index (χ2v) is 5.59. The van der Waals surface area contributed by atoms with Gasteiger partial charge in [0.15, 0.2) is 0 Å². The maximum absolute atomic E-state index is 10.3. The van der Waals surface area contributed by atoms with E-state index in [1.54, 1.807) is 0 Å². The fourth-order valence-corrected chi connectivity index (χ4v) is 4.20. The van der Waals surface area contributed by atoms with E-state index in [2.05, 4.69) is 14.9 Å². The molecule has 2 heterocycles. The van der Waals surface area contributed by atoms with Gasteiger partial charge in [-0.1, -0.05) is 0 Å². The van der Waals surface area contributed by atoms with Crippen molar-refractivity contribution in [1.82, 2.24) is 9.97 Å². The van der Waals surface area contributed by atoms with E-state index in [0.29, 0.717) is 17.7 Å². The van der Waals surface area contributed by atoms with Crippen LogP contribution >= 0.6 is 0 Å². The summed E-state index contributed by atoms with van der Waals surface area (Å²) in [5, 5.41) is 10.3. The number of aromatic nitrogens is 2. The van der Waals surface area contributed by atoms with Gasteiger partial charge in [0.1, 0.15) is 18.0 Å². The number of anilines is 2. The van der Waals surface area contributed by atoms with Crippen LogP contribution in [0.1, 0.15) is 12.8 Å². The third-order valence-corrected chi connectivity index (χ3v) is 4.82. The van der Waals surface area contributed by atoms with Crippen molar-refractivity contribution in [2.75, 3.05) is 17.2 Å². The second-order valence-electron chi connectivity index (χ2n) is 5.59. The quantitative estimate of drug-likeness (QED) is 0.726. The van der Waals surface area contributed by atoms with Crippen LogP contribution < -0.4 is 10.6 Å². The predicted molar refractivity (Wildman–Crippen MR) is 63.3 cm³/mol. The first-order valence-electron chi connectivity index (χ1n) is 6.26. The number of fused-ring (bicyclic) bond motifs is 1. The Labute approximate surface area is 99.7 Å². The van der Waals surface area contributed by atoms with Crippen molar-refractivity contribution in [3.05, 3.63) is 12.4 Å². The van der Waals surface area contributed by atoms with E-state index in [1.807, 2.05) is 6.07 Å². The van der Waals surface area contributed by atoms with Gasteiger partial charge < -0.3 is 15.7 Å². The van der Waals surface area contributed by atoms with E-state index in [9.17, 15) is 5.11 Å². The standard InChI is InChI=1S/C12H16N4O/c13-9-3-10(15-5-14-9)16-4-7-1-6-2-8(7)11(16)12(6)17/h3,5-8,11-12,17H,1-2,4H2,(H2,13,14,15). The molecule has 5 nitrogen and oxygen atoms in total. The molecule has 3 N–H and O–H groups in total. The highest BCUT2D eigenvalue weighted by Gasteiger charge is 2.59. The molecular formula is C12H16N4O. The van der Waals surface area contributed by atoms with Crippen LogP contribution in [0.15, 0.2) is 12.4 Å². The van der Waals surface area contributed by atoms with Crippen LogP contribution in [0.2, 0.25) is 0 Å². The van der Waals surface area contributed by atoms with Crippen LogP contribution in [0.3, 0.4) is 0 Å². The van der Waals surface area contributed by atoms with E-state index < -0.39 is 0 Å². The molecule has 3 fully saturated rings. The first-order chi connectivity index (χ1) is 8.24. The van der Waals surface area contributed by atoms with Gasteiger partial charge in [-0.3, -0.25) is 0 Å². The van der Waals surface area contributed by atoms with Crippen LogP contribution in [0.25, 0.3) is 0 Å². The average molecular weight is 232 g/mol. The minimum absolute atomic E-state index is 0.185. The van der Waals surface area contributed by atoms with Gasteiger partial charge in [0.2, 0.25) is 0 Å². The molecule has 5 unspecified atom stereocenters. The van der Waals surface area contributed by atoms with Crippen molar-refractivity contribution >= 4 is 11.6 Å². The molecule has 2 aliphatic carbocycles. The average Bonchev–Trinajstić information content (AvgIpc) is 2.89. The van der Waals surface area contributed by atoms with Crippen LogP contribution in [-0.2, 0) is 0 Å². The van der Waals surface area contributed by atoms with E-state index in [1.165, 1.54) is 19.2 Å².